The minimum absolute atomic E-state index is 0.155. The van der Waals surface area contributed by atoms with Gasteiger partial charge < -0.3 is 14.0 Å². The summed E-state index contributed by atoms with van der Waals surface area (Å²) in [5.74, 6) is -0.311. The van der Waals surface area contributed by atoms with E-state index in [0.29, 0.717) is 18.4 Å². The van der Waals surface area contributed by atoms with Crippen LogP contribution >= 0.6 is 12.2 Å². The molecule has 0 aliphatic carbocycles. The van der Waals surface area contributed by atoms with Gasteiger partial charge in [0.15, 0.2) is 0 Å². The van der Waals surface area contributed by atoms with Crippen molar-refractivity contribution in [3.05, 3.63) is 0 Å². The Balaban J connectivity index is 0. The molecule has 0 bridgehead atoms. The van der Waals surface area contributed by atoms with E-state index >= 15 is 0 Å². The fourth-order valence-corrected chi connectivity index (χ4v) is 9.34. The Morgan fingerprint density at radius 3 is 0.846 bits per heavy atom. The molecule has 0 aromatic heterocycles. The highest BCUT2D eigenvalue weighted by molar-refractivity contribution is 7.78. The Kier molecular flexibility index (Phi) is 45.4. The number of rotatable bonds is 40. The fourth-order valence-electron chi connectivity index (χ4n) is 7.04. The molecule has 0 radical (unpaired) electrons. The monoisotopic (exact) mass is 771 g/mol. The van der Waals surface area contributed by atoms with E-state index in [4.69, 9.17) is 14.0 Å². The largest absolute Gasteiger partial charge is 0.504 e. The van der Waals surface area contributed by atoms with Gasteiger partial charge in [-0.05, 0) is 31.5 Å². The summed E-state index contributed by atoms with van der Waals surface area (Å²) in [4.78, 5) is 25.7. The van der Waals surface area contributed by atoms with E-state index in [1.807, 2.05) is 6.55 Å². The predicted octanol–water partition coefficient (Wildman–Crippen LogP) is 16.1. The van der Waals surface area contributed by atoms with Crippen LogP contribution in [0.1, 0.15) is 258 Å². The lowest BCUT2D eigenvalue weighted by molar-refractivity contribution is -0.141. The first-order valence-electron chi connectivity index (χ1n) is 22.9. The van der Waals surface area contributed by atoms with E-state index < -0.39 is 8.56 Å². The Labute approximate surface area is 331 Å². The number of aliphatic hydroxyl groups is 1. The van der Waals surface area contributed by atoms with Crippen molar-refractivity contribution < 1.29 is 23.5 Å². The van der Waals surface area contributed by atoms with Gasteiger partial charge in [0.05, 0.1) is 0 Å². The number of aliphatic hydroxyl groups excluding tert-OH is 1. The topological polar surface area (TPSA) is 72.8 Å². The van der Waals surface area contributed by atoms with Crippen molar-refractivity contribution in [3.8, 4) is 0 Å². The molecule has 0 saturated carbocycles. The van der Waals surface area contributed by atoms with Crippen LogP contribution in [0, 0.1) is 0 Å². The van der Waals surface area contributed by atoms with Crippen LogP contribution in [0.2, 0.25) is 12.6 Å². The molecule has 0 fully saturated rings. The lowest BCUT2D eigenvalue weighted by Gasteiger charge is -2.26. The molecule has 0 aromatic rings. The molecule has 7 heteroatoms. The summed E-state index contributed by atoms with van der Waals surface area (Å²) in [6, 6.07) is 0.728. The van der Waals surface area contributed by atoms with Crippen LogP contribution in [0.5, 0.6) is 0 Å². The van der Waals surface area contributed by atoms with Crippen LogP contribution in [-0.4, -0.2) is 31.2 Å². The second kappa shape index (κ2) is 44.4. The Morgan fingerprint density at radius 2 is 0.615 bits per heavy atom. The molecule has 0 aliphatic heterocycles. The first-order valence-corrected chi connectivity index (χ1v) is 25.9. The van der Waals surface area contributed by atoms with Gasteiger partial charge in [-0.1, -0.05) is 226 Å². The summed E-state index contributed by atoms with van der Waals surface area (Å²) in [6.07, 6.45) is 46.0. The number of hydrogen-bond donors (Lipinski definition) is 1. The molecule has 5 nitrogen and oxygen atoms in total. The van der Waals surface area contributed by atoms with Crippen molar-refractivity contribution in [2.75, 3.05) is 0 Å². The quantitative estimate of drug-likeness (QED) is 0.0380. The minimum atomic E-state index is -2.85. The average molecular weight is 771 g/mol. The molecule has 0 aliphatic rings. The zero-order chi connectivity index (χ0) is 38.6. The van der Waals surface area contributed by atoms with Gasteiger partial charge in [0.1, 0.15) is 5.55 Å². The molecule has 0 heterocycles. The van der Waals surface area contributed by atoms with Gasteiger partial charge in [-0.3, -0.25) is 9.59 Å². The van der Waals surface area contributed by atoms with Gasteiger partial charge >= 0.3 is 8.56 Å². The summed E-state index contributed by atoms with van der Waals surface area (Å²) >= 11 is 3.82. The summed E-state index contributed by atoms with van der Waals surface area (Å²) in [6.45, 7) is 8.73. The lowest BCUT2D eigenvalue weighted by atomic mass is 10.0. The minimum Gasteiger partial charge on any atom is -0.504 e. The molecular weight excluding hydrogens is 681 g/mol. The SMILES string of the molecule is CCCCCCCCCCCCCCCCCC(=O)O[Si](C)(CCCCCCC)OC(=O)CCCCCCCCCCCCCCCCC.OC=S. The summed E-state index contributed by atoms with van der Waals surface area (Å²) in [5, 5.41) is 7.26. The van der Waals surface area contributed by atoms with Crippen molar-refractivity contribution in [1.29, 1.82) is 0 Å². The Bertz CT molecular complexity index is 701. The molecule has 0 atom stereocenters. The average Bonchev–Trinajstić information content (AvgIpc) is 3.11. The maximum Gasteiger partial charge on any atom is 0.461 e. The van der Waals surface area contributed by atoms with E-state index in [0.717, 1.165) is 44.6 Å². The maximum atomic E-state index is 12.8. The predicted molar refractivity (Wildman–Crippen MR) is 233 cm³/mol. The van der Waals surface area contributed by atoms with Gasteiger partial charge in [0, 0.05) is 25.4 Å². The number of thiocarbonyl (C=S) groups is 1. The van der Waals surface area contributed by atoms with Crippen LogP contribution in [0.15, 0.2) is 0 Å². The Hall–Kier alpha value is -0.953. The van der Waals surface area contributed by atoms with Crippen LogP contribution in [0.4, 0.5) is 0 Å². The highest BCUT2D eigenvalue weighted by atomic mass is 32.1. The maximum absolute atomic E-state index is 12.8. The molecule has 52 heavy (non-hydrogen) atoms. The van der Waals surface area contributed by atoms with Gasteiger partial charge in [0.25, 0.3) is 11.9 Å². The molecule has 0 saturated heterocycles. The van der Waals surface area contributed by atoms with Crippen molar-refractivity contribution in [3.63, 3.8) is 0 Å². The second-order valence-corrected chi connectivity index (χ2v) is 19.1. The number of unbranched alkanes of at least 4 members (excludes halogenated alkanes) is 32. The number of carbonyl (C=O) groups is 2. The second-order valence-electron chi connectivity index (χ2n) is 15.8. The molecule has 0 spiro atoms. The first kappa shape index (κ1) is 53.1. The van der Waals surface area contributed by atoms with Gasteiger partial charge in [-0.15, -0.1) is 0 Å². The molecule has 310 valence electrons. The summed E-state index contributed by atoms with van der Waals surface area (Å²) in [5.41, 5.74) is 0.583. The van der Waals surface area contributed by atoms with E-state index in [1.54, 1.807) is 0 Å². The number of carbonyl (C=O) groups excluding carboxylic acids is 2. The van der Waals surface area contributed by atoms with Gasteiger partial charge in [0.2, 0.25) is 0 Å². The van der Waals surface area contributed by atoms with E-state index in [9.17, 15) is 9.59 Å². The third kappa shape index (κ3) is 43.5. The third-order valence-corrected chi connectivity index (χ3v) is 12.9. The third-order valence-electron chi connectivity index (χ3n) is 10.4. The van der Waals surface area contributed by atoms with Crippen LogP contribution < -0.4 is 0 Å². The van der Waals surface area contributed by atoms with E-state index in [-0.39, 0.29) is 11.9 Å². The zero-order valence-electron chi connectivity index (χ0n) is 35.4. The van der Waals surface area contributed by atoms with Gasteiger partial charge in [-0.25, -0.2) is 0 Å². The first-order chi connectivity index (χ1) is 25.4. The molecule has 1 N–H and O–H groups in total. The van der Waals surface area contributed by atoms with E-state index in [2.05, 4.69) is 33.0 Å². The standard InChI is InChI=1S/C44H88O4Si.CH2OS/c1-5-8-11-14-16-18-20-22-24-26-28-30-32-34-37-40-43(45)47-49(4,42-39-36-13-10-7-3)48-44(46)41-38-35-33-31-29-27-25-23-21-19-17-15-12-9-6-2;2-1-3/h5-42H2,1-4H3;1H,(H,2,3). The van der Waals surface area contributed by atoms with Crippen molar-refractivity contribution >= 4 is 38.3 Å². The van der Waals surface area contributed by atoms with Crippen LogP contribution in [0.3, 0.4) is 0 Å². The fraction of sp³-hybridized carbons (Fsp3) is 0.933. The smallest absolute Gasteiger partial charge is 0.461 e. The van der Waals surface area contributed by atoms with Crippen molar-refractivity contribution in [1.82, 2.24) is 0 Å². The summed E-state index contributed by atoms with van der Waals surface area (Å²) in [7, 11) is -2.85. The molecule has 0 rings (SSSR count). The van der Waals surface area contributed by atoms with Crippen molar-refractivity contribution in [2.45, 2.75) is 271 Å². The summed E-state index contributed by atoms with van der Waals surface area (Å²) < 4.78 is 12.0. The van der Waals surface area contributed by atoms with Crippen LogP contribution in [0.25, 0.3) is 0 Å². The molecule has 0 aromatic carbocycles. The molecular formula is C45H90O5SSi. The number of hydrogen-bond acceptors (Lipinski definition) is 5. The van der Waals surface area contributed by atoms with Gasteiger partial charge in [-0.2, -0.15) is 0 Å². The van der Waals surface area contributed by atoms with E-state index in [1.165, 1.54) is 186 Å². The molecule has 0 unspecified atom stereocenters. The highest BCUT2D eigenvalue weighted by Crippen LogP contribution is 2.22. The zero-order valence-corrected chi connectivity index (χ0v) is 37.3. The molecule has 0 amide bonds. The normalized spacial score (nSPS) is 11.2. The van der Waals surface area contributed by atoms with Crippen LogP contribution in [-0.2, 0) is 18.4 Å². The Morgan fingerprint density at radius 1 is 0.423 bits per heavy atom. The van der Waals surface area contributed by atoms with Crippen molar-refractivity contribution in [2.24, 2.45) is 0 Å². The highest BCUT2D eigenvalue weighted by Gasteiger charge is 2.38. The lowest BCUT2D eigenvalue weighted by Crippen LogP contribution is -2.42.